The molecule has 1 saturated carbocycles. The Balaban J connectivity index is 1.70. The zero-order valence-corrected chi connectivity index (χ0v) is 13.7. The SMILES string of the molecule is CC1(C(=O)NCc2ccc(-c3ccccc3C(=O)O)cc2)CCC1. The zero-order chi connectivity index (χ0) is 17.2. The Morgan fingerprint density at radius 1 is 1.08 bits per heavy atom. The number of aromatic carboxylic acids is 1. The van der Waals surface area contributed by atoms with E-state index in [1.165, 1.54) is 0 Å². The lowest BCUT2D eigenvalue weighted by Gasteiger charge is -2.36. The van der Waals surface area contributed by atoms with Gasteiger partial charge in [-0.2, -0.15) is 0 Å². The summed E-state index contributed by atoms with van der Waals surface area (Å²) in [4.78, 5) is 23.5. The lowest BCUT2D eigenvalue weighted by molar-refractivity contribution is -0.134. The predicted octanol–water partition coefficient (Wildman–Crippen LogP) is 3.86. The Kier molecular flexibility index (Phi) is 4.38. The maximum atomic E-state index is 12.2. The molecule has 0 aliphatic heterocycles. The second-order valence-electron chi connectivity index (χ2n) is 6.64. The molecule has 2 aromatic rings. The molecule has 0 bridgehead atoms. The monoisotopic (exact) mass is 323 g/mol. The first-order valence-corrected chi connectivity index (χ1v) is 8.19. The first kappa shape index (κ1) is 16.2. The molecule has 0 radical (unpaired) electrons. The predicted molar refractivity (Wildman–Crippen MR) is 92.6 cm³/mol. The summed E-state index contributed by atoms with van der Waals surface area (Å²) < 4.78 is 0. The topological polar surface area (TPSA) is 66.4 Å². The minimum Gasteiger partial charge on any atom is -0.478 e. The second-order valence-corrected chi connectivity index (χ2v) is 6.64. The van der Waals surface area contributed by atoms with Crippen molar-refractivity contribution >= 4 is 11.9 Å². The van der Waals surface area contributed by atoms with E-state index >= 15 is 0 Å². The third-order valence-corrected chi connectivity index (χ3v) is 4.88. The highest BCUT2D eigenvalue weighted by Gasteiger charge is 2.38. The van der Waals surface area contributed by atoms with E-state index in [9.17, 15) is 14.7 Å². The van der Waals surface area contributed by atoms with Crippen LogP contribution in [-0.4, -0.2) is 17.0 Å². The van der Waals surface area contributed by atoms with Gasteiger partial charge in [0.05, 0.1) is 5.56 Å². The third-order valence-electron chi connectivity index (χ3n) is 4.88. The fourth-order valence-corrected chi connectivity index (χ4v) is 3.05. The van der Waals surface area contributed by atoms with E-state index in [1.807, 2.05) is 37.3 Å². The van der Waals surface area contributed by atoms with E-state index in [2.05, 4.69) is 5.32 Å². The average Bonchev–Trinajstić information content (AvgIpc) is 2.58. The molecule has 0 saturated heterocycles. The van der Waals surface area contributed by atoms with Crippen LogP contribution in [0.15, 0.2) is 48.5 Å². The number of hydrogen-bond acceptors (Lipinski definition) is 2. The van der Waals surface area contributed by atoms with Crippen LogP contribution in [0.25, 0.3) is 11.1 Å². The standard InChI is InChI=1S/C20H21NO3/c1-20(11-4-12-20)19(24)21-13-14-7-9-15(10-8-14)16-5-2-3-6-17(16)18(22)23/h2-3,5-10H,4,11-13H2,1H3,(H,21,24)(H,22,23). The van der Waals surface area contributed by atoms with Crippen LogP contribution in [0.2, 0.25) is 0 Å². The fraction of sp³-hybridized carbons (Fsp3) is 0.300. The number of carboxylic acid groups (broad SMARTS) is 1. The molecule has 2 aromatic carbocycles. The van der Waals surface area contributed by atoms with Gasteiger partial charge >= 0.3 is 5.97 Å². The number of carbonyl (C=O) groups excluding carboxylic acids is 1. The second kappa shape index (κ2) is 6.48. The minimum absolute atomic E-state index is 0.119. The summed E-state index contributed by atoms with van der Waals surface area (Å²) in [7, 11) is 0. The van der Waals surface area contributed by atoms with Crippen molar-refractivity contribution in [2.75, 3.05) is 0 Å². The van der Waals surface area contributed by atoms with Gasteiger partial charge in [-0.3, -0.25) is 4.79 Å². The van der Waals surface area contributed by atoms with Gasteiger partial charge in [-0.15, -0.1) is 0 Å². The van der Waals surface area contributed by atoms with Gasteiger partial charge in [-0.25, -0.2) is 4.79 Å². The van der Waals surface area contributed by atoms with Gasteiger partial charge < -0.3 is 10.4 Å². The number of hydrogen-bond donors (Lipinski definition) is 2. The molecule has 24 heavy (non-hydrogen) atoms. The van der Waals surface area contributed by atoms with Gasteiger partial charge in [0.25, 0.3) is 0 Å². The molecule has 1 amide bonds. The van der Waals surface area contributed by atoms with E-state index in [0.717, 1.165) is 30.4 Å². The molecule has 1 aliphatic rings. The summed E-state index contributed by atoms with van der Waals surface area (Å²) in [6, 6.07) is 14.6. The molecule has 1 aliphatic carbocycles. The molecule has 2 N–H and O–H groups in total. The van der Waals surface area contributed by atoms with Crippen LogP contribution in [0.4, 0.5) is 0 Å². The lowest BCUT2D eigenvalue weighted by atomic mass is 9.70. The van der Waals surface area contributed by atoms with Gasteiger partial charge in [0.2, 0.25) is 5.91 Å². The van der Waals surface area contributed by atoms with Crippen LogP contribution in [0.1, 0.15) is 42.1 Å². The van der Waals surface area contributed by atoms with Crippen molar-refractivity contribution in [2.45, 2.75) is 32.7 Å². The number of rotatable bonds is 5. The molecular weight excluding hydrogens is 302 g/mol. The average molecular weight is 323 g/mol. The Morgan fingerprint density at radius 2 is 1.75 bits per heavy atom. The van der Waals surface area contributed by atoms with Gasteiger partial charge in [0, 0.05) is 12.0 Å². The minimum atomic E-state index is -0.935. The highest BCUT2D eigenvalue weighted by molar-refractivity contribution is 5.96. The van der Waals surface area contributed by atoms with Crippen LogP contribution in [0, 0.1) is 5.41 Å². The number of benzene rings is 2. The maximum Gasteiger partial charge on any atom is 0.336 e. The smallest absolute Gasteiger partial charge is 0.336 e. The molecule has 0 heterocycles. The van der Waals surface area contributed by atoms with Crippen molar-refractivity contribution in [3.63, 3.8) is 0 Å². The van der Waals surface area contributed by atoms with Crippen LogP contribution < -0.4 is 5.32 Å². The highest BCUT2D eigenvalue weighted by atomic mass is 16.4. The molecule has 0 aromatic heterocycles. The summed E-state index contributed by atoms with van der Waals surface area (Å²) in [5.74, 6) is -0.815. The molecule has 4 nitrogen and oxygen atoms in total. The Hall–Kier alpha value is -2.62. The van der Waals surface area contributed by atoms with Gasteiger partial charge in [-0.1, -0.05) is 55.8 Å². The van der Waals surface area contributed by atoms with Crippen molar-refractivity contribution < 1.29 is 14.7 Å². The number of carbonyl (C=O) groups is 2. The van der Waals surface area contributed by atoms with Crippen molar-refractivity contribution in [3.8, 4) is 11.1 Å². The Bertz CT molecular complexity index is 761. The third kappa shape index (κ3) is 3.18. The van der Waals surface area contributed by atoms with Crippen molar-refractivity contribution in [1.82, 2.24) is 5.32 Å². The Morgan fingerprint density at radius 3 is 2.33 bits per heavy atom. The van der Waals surface area contributed by atoms with Gasteiger partial charge in [0.15, 0.2) is 0 Å². The Labute approximate surface area is 141 Å². The molecule has 0 atom stereocenters. The summed E-state index contributed by atoms with van der Waals surface area (Å²) in [6.45, 7) is 2.51. The first-order chi connectivity index (χ1) is 11.5. The normalized spacial score (nSPS) is 15.4. The number of amides is 1. The van der Waals surface area contributed by atoms with Gasteiger partial charge in [0.1, 0.15) is 0 Å². The van der Waals surface area contributed by atoms with Gasteiger partial charge in [-0.05, 0) is 35.6 Å². The van der Waals surface area contributed by atoms with E-state index < -0.39 is 5.97 Å². The summed E-state index contributed by atoms with van der Waals surface area (Å²) in [5, 5.41) is 12.3. The number of nitrogens with one attached hydrogen (secondary N) is 1. The van der Waals surface area contributed by atoms with E-state index in [1.54, 1.807) is 18.2 Å². The number of carboxylic acids is 1. The quantitative estimate of drug-likeness (QED) is 0.878. The molecule has 0 unspecified atom stereocenters. The van der Waals surface area contributed by atoms with E-state index in [0.29, 0.717) is 12.1 Å². The molecule has 3 rings (SSSR count). The van der Waals surface area contributed by atoms with E-state index in [4.69, 9.17) is 0 Å². The first-order valence-electron chi connectivity index (χ1n) is 8.19. The zero-order valence-electron chi connectivity index (χ0n) is 13.7. The van der Waals surface area contributed by atoms with Crippen LogP contribution in [0.5, 0.6) is 0 Å². The van der Waals surface area contributed by atoms with Crippen molar-refractivity contribution in [3.05, 3.63) is 59.7 Å². The van der Waals surface area contributed by atoms with E-state index in [-0.39, 0.29) is 16.9 Å². The summed E-state index contributed by atoms with van der Waals surface area (Å²) >= 11 is 0. The lowest BCUT2D eigenvalue weighted by Crippen LogP contribution is -2.43. The molecule has 1 fully saturated rings. The van der Waals surface area contributed by atoms with Crippen molar-refractivity contribution in [2.24, 2.45) is 5.41 Å². The molecule has 0 spiro atoms. The molecule has 4 heteroatoms. The maximum absolute atomic E-state index is 12.2. The van der Waals surface area contributed by atoms with Crippen LogP contribution in [0.3, 0.4) is 0 Å². The van der Waals surface area contributed by atoms with Crippen molar-refractivity contribution in [1.29, 1.82) is 0 Å². The summed E-state index contributed by atoms with van der Waals surface area (Å²) in [5.41, 5.74) is 2.65. The fourth-order valence-electron chi connectivity index (χ4n) is 3.05. The summed E-state index contributed by atoms with van der Waals surface area (Å²) in [6.07, 6.45) is 3.05. The molecule has 124 valence electrons. The van der Waals surface area contributed by atoms with Crippen LogP contribution >= 0.6 is 0 Å². The highest BCUT2D eigenvalue weighted by Crippen LogP contribution is 2.40. The van der Waals surface area contributed by atoms with Crippen LogP contribution in [-0.2, 0) is 11.3 Å². The molecular formula is C20H21NO3. The largest absolute Gasteiger partial charge is 0.478 e.